The largest absolute Gasteiger partial charge is 0.333 e. The Morgan fingerprint density at radius 3 is 2.72 bits per heavy atom. The molecule has 0 atom stereocenters. The second kappa shape index (κ2) is 7.85. The molecule has 0 aliphatic heterocycles. The minimum Gasteiger partial charge on any atom is -0.333 e. The third-order valence-corrected chi connectivity index (χ3v) is 5.94. The van der Waals surface area contributed by atoms with E-state index in [0.29, 0.717) is 16.2 Å². The van der Waals surface area contributed by atoms with Gasteiger partial charge in [0.2, 0.25) is 5.91 Å². The summed E-state index contributed by atoms with van der Waals surface area (Å²) in [4.78, 5) is 39.5. The molecule has 160 valence electrons. The van der Waals surface area contributed by atoms with Crippen molar-refractivity contribution in [2.75, 3.05) is 5.32 Å². The predicted octanol–water partition coefficient (Wildman–Crippen LogP) is 2.29. The van der Waals surface area contributed by atoms with Gasteiger partial charge in [0.15, 0.2) is 16.6 Å². The molecule has 4 aromatic heterocycles. The monoisotopic (exact) mass is 446 g/mol. The summed E-state index contributed by atoms with van der Waals surface area (Å²) in [7, 11) is 3.61. The Labute approximate surface area is 185 Å². The normalized spacial score (nSPS) is 11.2. The SMILES string of the molecule is Cn1ccnc1-c1sc(NC(=O)Cn2cnc3c(cnn3C)c2=O)nc1-c1ccccc1. The number of rotatable bonds is 5. The maximum Gasteiger partial charge on any atom is 0.264 e. The highest BCUT2D eigenvalue weighted by Crippen LogP contribution is 2.38. The van der Waals surface area contributed by atoms with Crippen LogP contribution in [0.2, 0.25) is 0 Å². The summed E-state index contributed by atoms with van der Waals surface area (Å²) < 4.78 is 4.67. The molecular formula is C21H18N8O2S. The van der Waals surface area contributed by atoms with E-state index >= 15 is 0 Å². The van der Waals surface area contributed by atoms with Gasteiger partial charge in [-0.05, 0) is 0 Å². The van der Waals surface area contributed by atoms with E-state index < -0.39 is 0 Å². The highest BCUT2D eigenvalue weighted by molar-refractivity contribution is 7.19. The number of aryl methyl sites for hydroxylation is 2. The van der Waals surface area contributed by atoms with Crippen molar-refractivity contribution in [2.45, 2.75) is 6.54 Å². The van der Waals surface area contributed by atoms with Crippen LogP contribution in [0.25, 0.3) is 33.0 Å². The number of aromatic nitrogens is 7. The van der Waals surface area contributed by atoms with Crippen molar-refractivity contribution < 1.29 is 4.79 Å². The zero-order valence-corrected chi connectivity index (χ0v) is 18.1. The Balaban J connectivity index is 1.45. The van der Waals surface area contributed by atoms with Gasteiger partial charge in [-0.2, -0.15) is 5.10 Å². The van der Waals surface area contributed by atoms with Crippen molar-refractivity contribution in [3.8, 4) is 22.0 Å². The Kier molecular flexibility index (Phi) is 4.86. The maximum absolute atomic E-state index is 12.7. The number of nitrogens with one attached hydrogen (secondary N) is 1. The summed E-state index contributed by atoms with van der Waals surface area (Å²) >= 11 is 1.33. The Hall–Kier alpha value is -4.12. The first-order valence-electron chi connectivity index (χ1n) is 9.72. The van der Waals surface area contributed by atoms with E-state index in [1.165, 1.54) is 33.1 Å². The van der Waals surface area contributed by atoms with Gasteiger partial charge in [-0.1, -0.05) is 41.7 Å². The van der Waals surface area contributed by atoms with E-state index in [2.05, 4.69) is 25.4 Å². The van der Waals surface area contributed by atoms with Crippen molar-refractivity contribution in [1.82, 2.24) is 33.9 Å². The van der Waals surface area contributed by atoms with Gasteiger partial charge in [0.1, 0.15) is 18.3 Å². The van der Waals surface area contributed by atoms with Gasteiger partial charge in [0.25, 0.3) is 5.56 Å². The Morgan fingerprint density at radius 1 is 1.16 bits per heavy atom. The molecule has 4 heterocycles. The van der Waals surface area contributed by atoms with Crippen LogP contribution >= 0.6 is 11.3 Å². The van der Waals surface area contributed by atoms with Crippen LogP contribution in [0.5, 0.6) is 0 Å². The van der Waals surface area contributed by atoms with Crippen LogP contribution in [-0.4, -0.2) is 39.8 Å². The van der Waals surface area contributed by atoms with Crippen LogP contribution < -0.4 is 10.9 Å². The molecule has 5 rings (SSSR count). The molecular weight excluding hydrogens is 428 g/mol. The van der Waals surface area contributed by atoms with E-state index in [4.69, 9.17) is 0 Å². The lowest BCUT2D eigenvalue weighted by Gasteiger charge is -2.05. The summed E-state index contributed by atoms with van der Waals surface area (Å²) in [6, 6.07) is 9.72. The van der Waals surface area contributed by atoms with Gasteiger partial charge < -0.3 is 9.88 Å². The quantitative estimate of drug-likeness (QED) is 0.443. The van der Waals surface area contributed by atoms with Crippen LogP contribution in [0.15, 0.2) is 60.0 Å². The minimum absolute atomic E-state index is 0.186. The zero-order valence-electron chi connectivity index (χ0n) is 17.3. The van der Waals surface area contributed by atoms with Crippen molar-refractivity contribution in [2.24, 2.45) is 14.1 Å². The number of benzene rings is 1. The molecule has 0 fully saturated rings. The lowest BCUT2D eigenvalue weighted by molar-refractivity contribution is -0.116. The van der Waals surface area contributed by atoms with Gasteiger partial charge in [-0.15, -0.1) is 0 Å². The van der Waals surface area contributed by atoms with Crippen LogP contribution in [0, 0.1) is 0 Å². The van der Waals surface area contributed by atoms with E-state index in [0.717, 1.165) is 22.0 Å². The summed E-state index contributed by atoms with van der Waals surface area (Å²) in [6.45, 7) is -0.186. The van der Waals surface area contributed by atoms with Gasteiger partial charge in [-0.3, -0.25) is 18.8 Å². The smallest absolute Gasteiger partial charge is 0.264 e. The van der Waals surface area contributed by atoms with Gasteiger partial charge in [-0.25, -0.2) is 15.0 Å². The highest BCUT2D eigenvalue weighted by atomic mass is 32.1. The third-order valence-electron chi connectivity index (χ3n) is 4.98. The van der Waals surface area contributed by atoms with Crippen LogP contribution in [0.3, 0.4) is 0 Å². The van der Waals surface area contributed by atoms with E-state index in [-0.39, 0.29) is 18.0 Å². The molecule has 0 radical (unpaired) electrons. The fraction of sp³-hybridized carbons (Fsp3) is 0.143. The average molecular weight is 446 g/mol. The molecule has 5 aromatic rings. The second-order valence-corrected chi connectivity index (χ2v) is 8.15. The molecule has 0 bridgehead atoms. The van der Waals surface area contributed by atoms with E-state index in [1.807, 2.05) is 48.1 Å². The number of hydrogen-bond acceptors (Lipinski definition) is 7. The summed E-state index contributed by atoms with van der Waals surface area (Å²) in [6.07, 6.45) is 6.37. The van der Waals surface area contributed by atoms with Crippen molar-refractivity contribution in [3.63, 3.8) is 0 Å². The molecule has 0 aliphatic rings. The molecule has 11 heteroatoms. The van der Waals surface area contributed by atoms with Crippen LogP contribution in [-0.2, 0) is 25.4 Å². The number of hydrogen-bond donors (Lipinski definition) is 1. The number of thiazole rings is 1. The first-order chi connectivity index (χ1) is 15.5. The molecule has 1 N–H and O–H groups in total. The highest BCUT2D eigenvalue weighted by Gasteiger charge is 2.19. The van der Waals surface area contributed by atoms with Crippen LogP contribution in [0.4, 0.5) is 5.13 Å². The van der Waals surface area contributed by atoms with Crippen molar-refractivity contribution >= 4 is 33.4 Å². The maximum atomic E-state index is 12.7. The molecule has 0 unspecified atom stereocenters. The Bertz CT molecular complexity index is 1500. The van der Waals surface area contributed by atoms with Crippen molar-refractivity contribution in [1.29, 1.82) is 0 Å². The lowest BCUT2D eigenvalue weighted by atomic mass is 10.1. The predicted molar refractivity (Wildman–Crippen MR) is 121 cm³/mol. The average Bonchev–Trinajstić information content (AvgIpc) is 3.49. The lowest BCUT2D eigenvalue weighted by Crippen LogP contribution is -2.27. The number of nitrogens with zero attached hydrogens (tertiary/aromatic N) is 7. The molecule has 1 aromatic carbocycles. The topological polar surface area (TPSA) is 113 Å². The number of carbonyl (C=O) groups is 1. The summed E-state index contributed by atoms with van der Waals surface area (Å²) in [5.74, 6) is 0.376. The molecule has 0 saturated carbocycles. The number of anilines is 1. The van der Waals surface area contributed by atoms with E-state index in [1.54, 1.807) is 13.2 Å². The molecule has 1 amide bonds. The third kappa shape index (κ3) is 3.48. The first-order valence-corrected chi connectivity index (χ1v) is 10.5. The number of fused-ring (bicyclic) bond motifs is 1. The molecule has 32 heavy (non-hydrogen) atoms. The molecule has 0 spiro atoms. The van der Waals surface area contributed by atoms with Crippen molar-refractivity contribution in [3.05, 3.63) is 65.6 Å². The summed E-state index contributed by atoms with van der Waals surface area (Å²) in [5, 5.41) is 7.64. The number of imidazole rings is 1. The van der Waals surface area contributed by atoms with E-state index in [9.17, 15) is 9.59 Å². The van der Waals surface area contributed by atoms with Crippen LogP contribution in [0.1, 0.15) is 0 Å². The van der Waals surface area contributed by atoms with Gasteiger partial charge in [0, 0.05) is 32.1 Å². The molecule has 10 nitrogen and oxygen atoms in total. The summed E-state index contributed by atoms with van der Waals surface area (Å²) in [5.41, 5.74) is 1.80. The first kappa shape index (κ1) is 19.8. The fourth-order valence-electron chi connectivity index (χ4n) is 3.39. The van der Waals surface area contributed by atoms with Gasteiger partial charge >= 0.3 is 0 Å². The standard InChI is InChI=1S/C21H18N8O2S/c1-27-9-8-22-19(27)17-16(13-6-4-3-5-7-13)26-21(32-17)25-15(30)11-29-12-23-18-14(20(29)31)10-24-28(18)2/h3-10,12H,11H2,1-2H3,(H,25,26,30). The molecule has 0 aliphatic carbocycles. The Morgan fingerprint density at radius 2 is 1.97 bits per heavy atom. The minimum atomic E-state index is -0.378. The van der Waals surface area contributed by atoms with Gasteiger partial charge in [0.05, 0.1) is 16.8 Å². The fourth-order valence-corrected chi connectivity index (χ4v) is 4.44. The number of carbonyl (C=O) groups excluding carboxylic acids is 1. The molecule has 0 saturated heterocycles. The zero-order chi connectivity index (χ0) is 22.2. The second-order valence-electron chi connectivity index (χ2n) is 7.16. The number of amides is 1.